The van der Waals surface area contributed by atoms with Gasteiger partial charge in [-0.05, 0) is 29.2 Å². The fourth-order valence-electron chi connectivity index (χ4n) is 3.66. The molecule has 0 spiro atoms. The predicted molar refractivity (Wildman–Crippen MR) is 116 cm³/mol. The zero-order chi connectivity index (χ0) is 21.5. The van der Waals surface area contributed by atoms with Crippen LogP contribution in [0.15, 0.2) is 54.6 Å². The normalized spacial score (nSPS) is 15.4. The van der Waals surface area contributed by atoms with E-state index in [0.717, 1.165) is 11.1 Å². The Bertz CT molecular complexity index is 896. The van der Waals surface area contributed by atoms with Crippen molar-refractivity contribution < 1.29 is 14.4 Å². The average Bonchev–Trinajstić information content (AvgIpc) is 2.75. The summed E-state index contributed by atoms with van der Waals surface area (Å²) >= 11 is 0. The van der Waals surface area contributed by atoms with E-state index in [9.17, 15) is 14.4 Å². The zero-order valence-electron chi connectivity index (χ0n) is 17.6. The van der Waals surface area contributed by atoms with Crippen molar-refractivity contribution >= 4 is 17.7 Å². The van der Waals surface area contributed by atoms with E-state index in [2.05, 4.69) is 10.6 Å². The van der Waals surface area contributed by atoms with Gasteiger partial charge < -0.3 is 15.5 Å². The largest absolute Gasteiger partial charge is 0.353 e. The number of nitrogens with one attached hydrogen (secondary N) is 2. The van der Waals surface area contributed by atoms with Gasteiger partial charge >= 0.3 is 0 Å². The van der Waals surface area contributed by atoms with E-state index in [4.69, 9.17) is 0 Å². The lowest BCUT2D eigenvalue weighted by Gasteiger charge is -2.36. The minimum absolute atomic E-state index is 0.00275. The molecule has 3 amide bonds. The maximum atomic E-state index is 12.9. The molecule has 3 rings (SSSR count). The van der Waals surface area contributed by atoms with Gasteiger partial charge in [0.05, 0.1) is 0 Å². The Hall–Kier alpha value is -3.15. The quantitative estimate of drug-likeness (QED) is 0.693. The molecule has 0 saturated heterocycles. The van der Waals surface area contributed by atoms with Gasteiger partial charge in [0, 0.05) is 38.0 Å². The second-order valence-electron chi connectivity index (χ2n) is 8.02. The summed E-state index contributed by atoms with van der Waals surface area (Å²) in [6, 6.07) is 16.4. The first-order valence-electron chi connectivity index (χ1n) is 10.4. The van der Waals surface area contributed by atoms with Gasteiger partial charge in [0.15, 0.2) is 0 Å². The molecule has 158 valence electrons. The molecule has 1 aliphatic heterocycles. The number of carbonyl (C=O) groups excluding carboxylic acids is 3. The summed E-state index contributed by atoms with van der Waals surface area (Å²) in [5.74, 6) is -0.135. The number of fused-ring (bicyclic) bond motifs is 1. The van der Waals surface area contributed by atoms with Gasteiger partial charge in [-0.15, -0.1) is 0 Å². The SMILES string of the molecule is CC(C)CC(=O)N1Cc2ccccc2CC1C(=O)NCCNC(=O)c1ccccc1. The Labute approximate surface area is 177 Å². The van der Waals surface area contributed by atoms with Gasteiger partial charge in [-0.25, -0.2) is 0 Å². The van der Waals surface area contributed by atoms with Crippen molar-refractivity contribution in [3.63, 3.8) is 0 Å². The first-order valence-corrected chi connectivity index (χ1v) is 10.4. The monoisotopic (exact) mass is 407 g/mol. The van der Waals surface area contributed by atoms with Gasteiger partial charge in [0.2, 0.25) is 11.8 Å². The Kier molecular flexibility index (Phi) is 7.22. The van der Waals surface area contributed by atoms with Crippen LogP contribution in [-0.2, 0) is 22.6 Å². The molecular formula is C24H29N3O3. The molecule has 0 saturated carbocycles. The lowest BCUT2D eigenvalue weighted by molar-refractivity contribution is -0.142. The molecule has 0 bridgehead atoms. The summed E-state index contributed by atoms with van der Waals surface area (Å²) in [5, 5.41) is 5.68. The summed E-state index contributed by atoms with van der Waals surface area (Å²) < 4.78 is 0. The standard InChI is InChI=1S/C24H29N3O3/c1-17(2)14-22(28)27-16-20-11-7-6-10-19(20)15-21(27)24(30)26-13-12-25-23(29)18-8-4-3-5-9-18/h3-11,17,21H,12-16H2,1-2H3,(H,25,29)(H,26,30). The predicted octanol–water partition coefficient (Wildman–Crippen LogP) is 2.53. The maximum Gasteiger partial charge on any atom is 0.251 e. The summed E-state index contributed by atoms with van der Waals surface area (Å²) in [5.41, 5.74) is 2.77. The van der Waals surface area contributed by atoms with Crippen LogP contribution in [0.1, 0.15) is 41.8 Å². The molecule has 6 heteroatoms. The van der Waals surface area contributed by atoms with Crippen LogP contribution in [0.5, 0.6) is 0 Å². The van der Waals surface area contributed by atoms with Gasteiger partial charge in [0.25, 0.3) is 5.91 Å². The molecule has 0 aliphatic carbocycles. The number of hydrogen-bond acceptors (Lipinski definition) is 3. The van der Waals surface area contributed by atoms with Gasteiger partial charge in [-0.1, -0.05) is 56.3 Å². The summed E-state index contributed by atoms with van der Waals surface area (Å²) in [6.45, 7) is 5.08. The van der Waals surface area contributed by atoms with Crippen LogP contribution in [0.2, 0.25) is 0 Å². The fraction of sp³-hybridized carbons (Fsp3) is 0.375. The second-order valence-corrected chi connectivity index (χ2v) is 8.02. The van der Waals surface area contributed by atoms with E-state index >= 15 is 0 Å². The number of amides is 3. The fourth-order valence-corrected chi connectivity index (χ4v) is 3.66. The third-order valence-corrected chi connectivity index (χ3v) is 5.20. The molecule has 2 N–H and O–H groups in total. The number of benzene rings is 2. The van der Waals surface area contributed by atoms with Crippen molar-refractivity contribution in [1.82, 2.24) is 15.5 Å². The maximum absolute atomic E-state index is 12.9. The molecule has 1 aliphatic rings. The smallest absolute Gasteiger partial charge is 0.251 e. The van der Waals surface area contributed by atoms with Gasteiger partial charge in [0.1, 0.15) is 6.04 Å². The first-order chi connectivity index (χ1) is 14.5. The zero-order valence-corrected chi connectivity index (χ0v) is 17.6. The summed E-state index contributed by atoms with van der Waals surface area (Å²) in [6.07, 6.45) is 0.918. The molecule has 30 heavy (non-hydrogen) atoms. The van der Waals surface area contributed by atoms with E-state index in [-0.39, 0.29) is 23.6 Å². The molecule has 1 heterocycles. The third-order valence-electron chi connectivity index (χ3n) is 5.20. The Morgan fingerprint density at radius 2 is 1.57 bits per heavy atom. The van der Waals surface area contributed by atoms with Crippen LogP contribution in [0.25, 0.3) is 0 Å². The number of carbonyl (C=O) groups is 3. The van der Waals surface area contributed by atoms with E-state index < -0.39 is 6.04 Å². The number of hydrogen-bond donors (Lipinski definition) is 2. The number of nitrogens with zero attached hydrogens (tertiary/aromatic N) is 1. The Morgan fingerprint density at radius 1 is 0.933 bits per heavy atom. The molecule has 1 unspecified atom stereocenters. The van der Waals surface area contributed by atoms with E-state index in [0.29, 0.717) is 38.0 Å². The average molecular weight is 408 g/mol. The van der Waals surface area contributed by atoms with Crippen molar-refractivity contribution in [3.05, 3.63) is 71.3 Å². The summed E-state index contributed by atoms with van der Waals surface area (Å²) in [7, 11) is 0. The molecule has 2 aromatic carbocycles. The van der Waals surface area contributed by atoms with Crippen molar-refractivity contribution in [3.8, 4) is 0 Å². The van der Waals surface area contributed by atoms with Gasteiger partial charge in [-0.3, -0.25) is 14.4 Å². The van der Waals surface area contributed by atoms with Crippen LogP contribution in [-0.4, -0.2) is 41.8 Å². The van der Waals surface area contributed by atoms with E-state index in [1.54, 1.807) is 29.2 Å². The summed E-state index contributed by atoms with van der Waals surface area (Å²) in [4.78, 5) is 39.5. The van der Waals surface area contributed by atoms with Crippen molar-refractivity contribution in [1.29, 1.82) is 0 Å². The highest BCUT2D eigenvalue weighted by atomic mass is 16.2. The lowest BCUT2D eigenvalue weighted by Crippen LogP contribution is -2.53. The topological polar surface area (TPSA) is 78.5 Å². The van der Waals surface area contributed by atoms with Gasteiger partial charge in [-0.2, -0.15) is 0 Å². The van der Waals surface area contributed by atoms with E-state index in [1.165, 1.54) is 0 Å². The van der Waals surface area contributed by atoms with Crippen LogP contribution in [0, 0.1) is 5.92 Å². The molecule has 1 atom stereocenters. The van der Waals surface area contributed by atoms with E-state index in [1.807, 2.05) is 44.2 Å². The van der Waals surface area contributed by atoms with Crippen molar-refractivity contribution in [2.24, 2.45) is 5.92 Å². The Morgan fingerprint density at radius 3 is 2.27 bits per heavy atom. The molecule has 2 aromatic rings. The van der Waals surface area contributed by atoms with Crippen LogP contribution >= 0.6 is 0 Å². The minimum atomic E-state index is -0.532. The highest BCUT2D eigenvalue weighted by molar-refractivity contribution is 5.94. The highest BCUT2D eigenvalue weighted by Crippen LogP contribution is 2.24. The third kappa shape index (κ3) is 5.47. The molecule has 0 fully saturated rings. The molecule has 6 nitrogen and oxygen atoms in total. The lowest BCUT2D eigenvalue weighted by atomic mass is 9.92. The van der Waals surface area contributed by atoms with Crippen molar-refractivity contribution in [2.75, 3.05) is 13.1 Å². The molecule has 0 radical (unpaired) electrons. The van der Waals surface area contributed by atoms with Crippen molar-refractivity contribution in [2.45, 2.75) is 39.3 Å². The molecule has 0 aromatic heterocycles. The van der Waals surface area contributed by atoms with Crippen LogP contribution in [0.3, 0.4) is 0 Å². The molecular weight excluding hydrogens is 378 g/mol. The highest BCUT2D eigenvalue weighted by Gasteiger charge is 2.34. The first kappa shape index (κ1) is 21.6. The number of rotatable bonds is 7. The minimum Gasteiger partial charge on any atom is -0.353 e. The van der Waals surface area contributed by atoms with Crippen LogP contribution < -0.4 is 10.6 Å². The van der Waals surface area contributed by atoms with Crippen LogP contribution in [0.4, 0.5) is 0 Å². The Balaban J connectivity index is 1.59. The second kappa shape index (κ2) is 10.1.